The molecular weight excluding hydrogens is 216 g/mol. The molecule has 0 bridgehead atoms. The zero-order valence-corrected chi connectivity index (χ0v) is 9.43. The van der Waals surface area contributed by atoms with Gasteiger partial charge >= 0.3 is 0 Å². The Kier molecular flexibility index (Phi) is 3.08. The van der Waals surface area contributed by atoms with E-state index in [1.807, 2.05) is 10.3 Å². The Morgan fingerprint density at radius 2 is 2.57 bits per heavy atom. The minimum atomic E-state index is 0.235. The topological polar surface area (TPSA) is 33.2 Å². The average molecular weight is 228 g/mol. The van der Waals surface area contributed by atoms with Crippen molar-refractivity contribution in [3.63, 3.8) is 0 Å². The summed E-state index contributed by atoms with van der Waals surface area (Å²) >= 11 is 5.82. The molecule has 1 aromatic heterocycles. The van der Waals surface area contributed by atoms with Gasteiger partial charge in [-0.2, -0.15) is 12.6 Å². The summed E-state index contributed by atoms with van der Waals surface area (Å²) in [4.78, 5) is 17.6. The molecule has 3 nitrogen and oxygen atoms in total. The van der Waals surface area contributed by atoms with Crippen LogP contribution in [0.4, 0.5) is 0 Å². The molecule has 1 aliphatic heterocycles. The van der Waals surface area contributed by atoms with Crippen LogP contribution in [0.5, 0.6) is 0 Å². The summed E-state index contributed by atoms with van der Waals surface area (Å²) in [6.45, 7) is 1.50. The second-order valence-electron chi connectivity index (χ2n) is 3.45. The quantitative estimate of drug-likeness (QED) is 0.794. The van der Waals surface area contributed by atoms with Crippen LogP contribution in [0.2, 0.25) is 0 Å². The van der Waals surface area contributed by atoms with Gasteiger partial charge in [0.15, 0.2) is 0 Å². The maximum Gasteiger partial charge on any atom is 0.223 e. The van der Waals surface area contributed by atoms with Crippen molar-refractivity contribution >= 4 is 29.9 Å². The maximum atomic E-state index is 11.5. The van der Waals surface area contributed by atoms with Gasteiger partial charge in [-0.05, 0) is 11.7 Å². The van der Waals surface area contributed by atoms with Gasteiger partial charge < -0.3 is 4.90 Å². The van der Waals surface area contributed by atoms with Crippen molar-refractivity contribution < 1.29 is 4.79 Å². The molecule has 1 saturated heterocycles. The largest absolute Gasteiger partial charge is 0.336 e. The predicted octanol–water partition coefficient (Wildman–Crippen LogP) is 1.42. The first-order valence-electron chi connectivity index (χ1n) is 4.56. The standard InChI is InChI=1S/C9H12N2OS2/c12-9-3-7(6-13)4-11(9)5-8-10-1-2-14-8/h1-2,7,13H,3-6H2. The van der Waals surface area contributed by atoms with E-state index in [0.717, 1.165) is 17.3 Å². The summed E-state index contributed by atoms with van der Waals surface area (Å²) in [5.41, 5.74) is 0. The van der Waals surface area contributed by atoms with E-state index in [2.05, 4.69) is 17.6 Å². The molecule has 14 heavy (non-hydrogen) atoms. The number of nitrogens with zero attached hydrogens (tertiary/aromatic N) is 2. The van der Waals surface area contributed by atoms with E-state index < -0.39 is 0 Å². The Bertz CT molecular complexity index is 313. The molecule has 0 radical (unpaired) electrons. The highest BCUT2D eigenvalue weighted by molar-refractivity contribution is 7.80. The first-order chi connectivity index (χ1) is 6.79. The number of likely N-dealkylation sites (tertiary alicyclic amines) is 1. The number of thiazole rings is 1. The first-order valence-corrected chi connectivity index (χ1v) is 6.08. The van der Waals surface area contributed by atoms with Gasteiger partial charge in [-0.25, -0.2) is 4.98 Å². The van der Waals surface area contributed by atoms with Crippen LogP contribution in [0, 0.1) is 5.92 Å². The van der Waals surface area contributed by atoms with E-state index in [-0.39, 0.29) is 5.91 Å². The van der Waals surface area contributed by atoms with Gasteiger partial charge in [-0.1, -0.05) is 0 Å². The Balaban J connectivity index is 1.96. The molecule has 2 heterocycles. The summed E-state index contributed by atoms with van der Waals surface area (Å²) < 4.78 is 0. The van der Waals surface area contributed by atoms with Gasteiger partial charge in [0.05, 0.1) is 6.54 Å². The molecule has 1 unspecified atom stereocenters. The smallest absolute Gasteiger partial charge is 0.223 e. The van der Waals surface area contributed by atoms with Crippen LogP contribution in [0.15, 0.2) is 11.6 Å². The monoisotopic (exact) mass is 228 g/mol. The summed E-state index contributed by atoms with van der Waals surface area (Å²) in [5.74, 6) is 1.45. The number of hydrogen-bond acceptors (Lipinski definition) is 4. The van der Waals surface area contributed by atoms with Crippen molar-refractivity contribution in [1.82, 2.24) is 9.88 Å². The fourth-order valence-electron chi connectivity index (χ4n) is 1.62. The highest BCUT2D eigenvalue weighted by Gasteiger charge is 2.28. The molecule has 0 saturated carbocycles. The average Bonchev–Trinajstić information content (AvgIpc) is 2.78. The van der Waals surface area contributed by atoms with Crippen LogP contribution in [-0.2, 0) is 11.3 Å². The van der Waals surface area contributed by atoms with Gasteiger partial charge in [0.25, 0.3) is 0 Å². The van der Waals surface area contributed by atoms with Crippen molar-refractivity contribution in [2.24, 2.45) is 5.92 Å². The number of thiol groups is 1. The molecule has 0 aliphatic carbocycles. The molecule has 2 rings (SSSR count). The number of hydrogen-bond donors (Lipinski definition) is 1. The van der Waals surface area contributed by atoms with E-state index in [9.17, 15) is 4.79 Å². The Hall–Kier alpha value is -0.550. The lowest BCUT2D eigenvalue weighted by Crippen LogP contribution is -2.24. The highest BCUT2D eigenvalue weighted by atomic mass is 32.1. The molecule has 1 amide bonds. The molecule has 76 valence electrons. The number of amides is 1. The molecular formula is C9H12N2OS2. The second-order valence-corrected chi connectivity index (χ2v) is 4.80. The van der Waals surface area contributed by atoms with E-state index in [4.69, 9.17) is 0 Å². The molecule has 5 heteroatoms. The Morgan fingerprint density at radius 1 is 1.71 bits per heavy atom. The van der Waals surface area contributed by atoms with E-state index >= 15 is 0 Å². The van der Waals surface area contributed by atoms with Crippen LogP contribution in [0.3, 0.4) is 0 Å². The van der Waals surface area contributed by atoms with Gasteiger partial charge in [-0.15, -0.1) is 11.3 Å². The molecule has 0 spiro atoms. The number of rotatable bonds is 3. The molecule has 0 N–H and O–H groups in total. The zero-order valence-electron chi connectivity index (χ0n) is 7.72. The third-order valence-corrected chi connectivity index (χ3v) is 3.64. The lowest BCUT2D eigenvalue weighted by molar-refractivity contribution is -0.128. The molecule has 0 aromatic carbocycles. The molecule has 1 aliphatic rings. The van der Waals surface area contributed by atoms with Crippen LogP contribution in [-0.4, -0.2) is 28.1 Å². The fraction of sp³-hybridized carbons (Fsp3) is 0.556. The van der Waals surface area contributed by atoms with E-state index in [1.54, 1.807) is 17.5 Å². The lowest BCUT2D eigenvalue weighted by atomic mass is 10.1. The molecule has 1 atom stereocenters. The fourth-order valence-corrected chi connectivity index (χ4v) is 2.50. The second kappa shape index (κ2) is 4.31. The van der Waals surface area contributed by atoms with Crippen LogP contribution in [0.1, 0.15) is 11.4 Å². The van der Waals surface area contributed by atoms with Crippen molar-refractivity contribution in [2.45, 2.75) is 13.0 Å². The third kappa shape index (κ3) is 2.09. The molecule has 1 fully saturated rings. The highest BCUT2D eigenvalue weighted by Crippen LogP contribution is 2.21. The SMILES string of the molecule is O=C1CC(CS)CN1Cc1nccs1. The molecule has 1 aromatic rings. The van der Waals surface area contributed by atoms with Crippen molar-refractivity contribution in [3.8, 4) is 0 Å². The minimum Gasteiger partial charge on any atom is -0.336 e. The van der Waals surface area contributed by atoms with Gasteiger partial charge in [0, 0.05) is 24.5 Å². The summed E-state index contributed by atoms with van der Waals surface area (Å²) in [5, 5.41) is 2.95. The lowest BCUT2D eigenvalue weighted by Gasteiger charge is -2.13. The van der Waals surface area contributed by atoms with Gasteiger partial charge in [0.1, 0.15) is 5.01 Å². The van der Waals surface area contributed by atoms with Gasteiger partial charge in [-0.3, -0.25) is 4.79 Å². The minimum absolute atomic E-state index is 0.235. The van der Waals surface area contributed by atoms with Crippen LogP contribution < -0.4 is 0 Å². The number of carbonyl (C=O) groups is 1. The summed E-state index contributed by atoms with van der Waals surface area (Å²) in [7, 11) is 0. The first kappa shape index (κ1) is 9.98. The van der Waals surface area contributed by atoms with Crippen LogP contribution in [0.25, 0.3) is 0 Å². The van der Waals surface area contributed by atoms with Crippen molar-refractivity contribution in [2.75, 3.05) is 12.3 Å². The number of aromatic nitrogens is 1. The Labute approximate surface area is 92.6 Å². The summed E-state index contributed by atoms with van der Waals surface area (Å²) in [6, 6.07) is 0. The normalized spacial score (nSPS) is 21.9. The van der Waals surface area contributed by atoms with Crippen molar-refractivity contribution in [3.05, 3.63) is 16.6 Å². The van der Waals surface area contributed by atoms with E-state index in [1.165, 1.54) is 0 Å². The van der Waals surface area contributed by atoms with Gasteiger partial charge in [0.2, 0.25) is 5.91 Å². The van der Waals surface area contributed by atoms with Crippen LogP contribution >= 0.6 is 24.0 Å². The van der Waals surface area contributed by atoms with Crippen molar-refractivity contribution in [1.29, 1.82) is 0 Å². The zero-order chi connectivity index (χ0) is 9.97. The number of carbonyl (C=O) groups excluding carboxylic acids is 1. The predicted molar refractivity (Wildman–Crippen MR) is 59.5 cm³/mol. The van der Waals surface area contributed by atoms with E-state index in [0.29, 0.717) is 18.9 Å². The maximum absolute atomic E-state index is 11.5. The third-order valence-electron chi connectivity index (χ3n) is 2.36. The Morgan fingerprint density at radius 3 is 3.14 bits per heavy atom. The summed E-state index contributed by atoms with van der Waals surface area (Å²) in [6.07, 6.45) is 2.42.